The van der Waals surface area contributed by atoms with Crippen molar-refractivity contribution in [3.63, 3.8) is 0 Å². The fourth-order valence-corrected chi connectivity index (χ4v) is 1.50. The molecule has 1 aliphatic heterocycles. The zero-order chi connectivity index (χ0) is 14.0. The van der Waals surface area contributed by atoms with E-state index in [-0.39, 0.29) is 18.9 Å². The molecule has 0 spiro atoms. The molecule has 0 aromatic carbocycles. The van der Waals surface area contributed by atoms with E-state index in [0.29, 0.717) is 0 Å². The molecule has 18 heavy (non-hydrogen) atoms. The van der Waals surface area contributed by atoms with Crippen molar-refractivity contribution in [1.29, 1.82) is 0 Å². The number of urea groups is 1. The Labute approximate surface area is 106 Å². The third-order valence-electron chi connectivity index (χ3n) is 2.47. The Kier molecular flexibility index (Phi) is 8.34. The molecule has 1 saturated heterocycles. The summed E-state index contributed by atoms with van der Waals surface area (Å²) in [6.45, 7) is 1.71. The van der Waals surface area contributed by atoms with Crippen LogP contribution in [0, 0.1) is 0 Å². The van der Waals surface area contributed by atoms with Crippen molar-refractivity contribution in [3.05, 3.63) is 0 Å². The van der Waals surface area contributed by atoms with Gasteiger partial charge in [0.1, 0.15) is 0 Å². The topological polar surface area (TPSA) is 121 Å². The molecule has 0 aliphatic carbocycles. The van der Waals surface area contributed by atoms with Gasteiger partial charge in [0.05, 0.1) is 12.8 Å². The lowest BCUT2D eigenvalue weighted by Crippen LogP contribution is -2.36. The molecule has 0 saturated carbocycles. The summed E-state index contributed by atoms with van der Waals surface area (Å²) in [5.74, 6) is -2.15. The molecule has 0 aromatic rings. The maximum Gasteiger partial charge on any atom is 0.314 e. The molecular formula is C11H20N2O5. The van der Waals surface area contributed by atoms with Crippen molar-refractivity contribution in [3.8, 4) is 0 Å². The van der Waals surface area contributed by atoms with Gasteiger partial charge in [-0.1, -0.05) is 12.8 Å². The average molecular weight is 260 g/mol. The van der Waals surface area contributed by atoms with Crippen LogP contribution in [0.1, 0.15) is 38.5 Å². The summed E-state index contributed by atoms with van der Waals surface area (Å²) < 4.78 is 0. The first-order chi connectivity index (χ1) is 8.43. The molecule has 1 heterocycles. The summed E-state index contributed by atoms with van der Waals surface area (Å²) in [5, 5.41) is 15.8. The summed E-state index contributed by atoms with van der Waals surface area (Å²) in [7, 11) is 0. The summed E-state index contributed by atoms with van der Waals surface area (Å²) in [6, 6.07) is -0.262. The van der Waals surface area contributed by atoms with Gasteiger partial charge in [-0.2, -0.15) is 0 Å². The normalized spacial score (nSPS) is 15.0. The zero-order valence-corrected chi connectivity index (χ0v) is 10.3. The van der Waals surface area contributed by atoms with Crippen molar-refractivity contribution in [1.82, 2.24) is 4.90 Å². The number of carboxylic acid groups (broad SMARTS) is 2. The third-order valence-corrected chi connectivity index (χ3v) is 2.47. The highest BCUT2D eigenvalue weighted by molar-refractivity contribution is 5.75. The fraction of sp³-hybridized carbons (Fsp3) is 0.727. The van der Waals surface area contributed by atoms with Crippen LogP contribution in [0.5, 0.6) is 0 Å². The monoisotopic (exact) mass is 260 g/mol. The highest BCUT2D eigenvalue weighted by Gasteiger charge is 2.10. The number of amides is 2. The molecule has 0 aromatic heterocycles. The minimum absolute atomic E-state index is 0.262. The highest BCUT2D eigenvalue weighted by Crippen LogP contribution is 2.08. The summed E-state index contributed by atoms with van der Waals surface area (Å²) in [5.41, 5.74) is 5.12. The van der Waals surface area contributed by atoms with Gasteiger partial charge >= 0.3 is 18.0 Å². The van der Waals surface area contributed by atoms with E-state index < -0.39 is 11.9 Å². The van der Waals surface area contributed by atoms with E-state index in [1.54, 1.807) is 4.90 Å². The number of primary amides is 1. The Morgan fingerprint density at radius 2 is 1.28 bits per heavy atom. The van der Waals surface area contributed by atoms with Gasteiger partial charge in [0.15, 0.2) is 0 Å². The Balaban J connectivity index is 0.000000331. The van der Waals surface area contributed by atoms with E-state index in [1.807, 2.05) is 0 Å². The second kappa shape index (κ2) is 9.26. The number of hydrogen-bond donors (Lipinski definition) is 3. The van der Waals surface area contributed by atoms with Gasteiger partial charge in [0, 0.05) is 13.1 Å². The second-order valence-electron chi connectivity index (χ2n) is 4.03. The van der Waals surface area contributed by atoms with Crippen LogP contribution in [-0.2, 0) is 9.59 Å². The van der Waals surface area contributed by atoms with Crippen LogP contribution in [-0.4, -0.2) is 46.2 Å². The smallest absolute Gasteiger partial charge is 0.314 e. The van der Waals surface area contributed by atoms with E-state index in [4.69, 9.17) is 15.9 Å². The van der Waals surface area contributed by atoms with Gasteiger partial charge in [-0.05, 0) is 12.8 Å². The van der Waals surface area contributed by atoms with Crippen molar-refractivity contribution >= 4 is 18.0 Å². The van der Waals surface area contributed by atoms with Gasteiger partial charge in [-0.15, -0.1) is 0 Å². The molecule has 0 bridgehead atoms. The van der Waals surface area contributed by atoms with Crippen LogP contribution in [0.25, 0.3) is 0 Å². The van der Waals surface area contributed by atoms with Crippen LogP contribution in [0.2, 0.25) is 0 Å². The van der Waals surface area contributed by atoms with Crippen molar-refractivity contribution < 1.29 is 24.6 Å². The molecule has 2 amide bonds. The number of nitrogens with zero attached hydrogens (tertiary/aromatic N) is 1. The lowest BCUT2D eigenvalue weighted by Gasteiger charge is -2.16. The van der Waals surface area contributed by atoms with Crippen molar-refractivity contribution in [2.24, 2.45) is 5.73 Å². The summed E-state index contributed by atoms with van der Waals surface area (Å²) in [6.07, 6.45) is 4.12. The van der Waals surface area contributed by atoms with Gasteiger partial charge in [-0.3, -0.25) is 9.59 Å². The first-order valence-electron chi connectivity index (χ1n) is 5.91. The van der Waals surface area contributed by atoms with Crippen LogP contribution >= 0.6 is 0 Å². The number of likely N-dealkylation sites (tertiary alicyclic amines) is 1. The van der Waals surface area contributed by atoms with Gasteiger partial charge < -0.3 is 20.8 Å². The molecule has 1 fully saturated rings. The molecule has 7 heteroatoms. The molecule has 1 aliphatic rings. The summed E-state index contributed by atoms with van der Waals surface area (Å²) in [4.78, 5) is 31.7. The standard InChI is InChI=1S/C7H14N2O.C4H6O4/c8-7(10)9-5-3-1-2-4-6-9;5-3(6)1-2-4(7)8/h1-6H2,(H2,8,10);1-2H2,(H,5,6)(H,7,8). The Morgan fingerprint density at radius 3 is 1.56 bits per heavy atom. The van der Waals surface area contributed by atoms with Gasteiger partial charge in [0.25, 0.3) is 0 Å². The number of carbonyl (C=O) groups is 3. The van der Waals surface area contributed by atoms with Crippen LogP contribution in [0.4, 0.5) is 4.79 Å². The van der Waals surface area contributed by atoms with E-state index in [2.05, 4.69) is 0 Å². The molecule has 0 radical (unpaired) electrons. The van der Waals surface area contributed by atoms with E-state index in [1.165, 1.54) is 12.8 Å². The van der Waals surface area contributed by atoms with E-state index in [9.17, 15) is 14.4 Å². The number of carboxylic acids is 2. The lowest BCUT2D eigenvalue weighted by atomic mass is 10.2. The number of hydrogen-bond acceptors (Lipinski definition) is 3. The van der Waals surface area contributed by atoms with E-state index in [0.717, 1.165) is 25.9 Å². The fourth-order valence-electron chi connectivity index (χ4n) is 1.50. The molecule has 0 unspecified atom stereocenters. The Morgan fingerprint density at radius 1 is 0.889 bits per heavy atom. The predicted molar refractivity (Wildman–Crippen MR) is 64.1 cm³/mol. The molecule has 104 valence electrons. The van der Waals surface area contributed by atoms with Crippen molar-refractivity contribution in [2.75, 3.05) is 13.1 Å². The highest BCUT2D eigenvalue weighted by atomic mass is 16.4. The third kappa shape index (κ3) is 9.44. The average Bonchev–Trinajstić information content (AvgIpc) is 2.55. The second-order valence-corrected chi connectivity index (χ2v) is 4.03. The first-order valence-corrected chi connectivity index (χ1v) is 5.91. The first kappa shape index (κ1) is 16.2. The minimum Gasteiger partial charge on any atom is -0.481 e. The van der Waals surface area contributed by atoms with Crippen LogP contribution < -0.4 is 5.73 Å². The number of rotatable bonds is 3. The number of nitrogens with two attached hydrogens (primary N) is 1. The molecular weight excluding hydrogens is 240 g/mol. The number of aliphatic carboxylic acids is 2. The predicted octanol–water partition coefficient (Wildman–Crippen LogP) is 0.877. The van der Waals surface area contributed by atoms with Crippen LogP contribution in [0.3, 0.4) is 0 Å². The SMILES string of the molecule is NC(=O)N1CCCCCC1.O=C(O)CCC(=O)O. The zero-order valence-electron chi connectivity index (χ0n) is 10.3. The molecule has 0 atom stereocenters. The Hall–Kier alpha value is -1.79. The maximum absolute atomic E-state index is 10.7. The molecule has 1 rings (SSSR count). The molecule has 7 nitrogen and oxygen atoms in total. The largest absolute Gasteiger partial charge is 0.481 e. The molecule has 4 N–H and O–H groups in total. The quantitative estimate of drug-likeness (QED) is 0.695. The maximum atomic E-state index is 10.7. The van der Waals surface area contributed by atoms with Crippen LogP contribution in [0.15, 0.2) is 0 Å². The van der Waals surface area contributed by atoms with Gasteiger partial charge in [0.2, 0.25) is 0 Å². The Bertz CT molecular complexity index is 271. The minimum atomic E-state index is -1.08. The van der Waals surface area contributed by atoms with E-state index >= 15 is 0 Å². The van der Waals surface area contributed by atoms with Gasteiger partial charge in [-0.25, -0.2) is 4.79 Å². The van der Waals surface area contributed by atoms with Crippen molar-refractivity contribution in [2.45, 2.75) is 38.5 Å². The lowest BCUT2D eigenvalue weighted by molar-refractivity contribution is -0.143. The summed E-state index contributed by atoms with van der Waals surface area (Å²) >= 11 is 0. The number of carbonyl (C=O) groups excluding carboxylic acids is 1.